The normalized spacial score (nSPS) is 29.9. The number of hydrogen-bond acceptors (Lipinski definition) is 4. The molecule has 0 amide bonds. The molecule has 2 aliphatic rings. The van der Waals surface area contributed by atoms with E-state index in [0.29, 0.717) is 12.7 Å². The molecule has 2 heterocycles. The lowest BCUT2D eigenvalue weighted by Gasteiger charge is -2.39. The minimum absolute atomic E-state index is 0.00791. The van der Waals surface area contributed by atoms with Gasteiger partial charge in [0.05, 0.1) is 18.2 Å². The molecule has 110 valence electrons. The lowest BCUT2D eigenvalue weighted by Crippen LogP contribution is -2.49. The van der Waals surface area contributed by atoms with Gasteiger partial charge in [0, 0.05) is 18.7 Å². The fraction of sp³-hybridized carbons (Fsp3) is 0.625. The van der Waals surface area contributed by atoms with Crippen LogP contribution in [0.2, 0.25) is 0 Å². The Morgan fingerprint density at radius 2 is 2.15 bits per heavy atom. The van der Waals surface area contributed by atoms with E-state index >= 15 is 0 Å². The molecule has 2 N–H and O–H groups in total. The van der Waals surface area contributed by atoms with Gasteiger partial charge in [-0.05, 0) is 32.4 Å². The maximum Gasteiger partial charge on any atom is 0.124 e. The Bertz CT molecular complexity index is 446. The summed E-state index contributed by atoms with van der Waals surface area (Å²) in [6.45, 7) is 2.49. The first kappa shape index (κ1) is 13.9. The predicted octanol–water partition coefficient (Wildman–Crippen LogP) is 1.95. The summed E-state index contributed by atoms with van der Waals surface area (Å²) in [6, 6.07) is 8.30. The van der Waals surface area contributed by atoms with E-state index in [-0.39, 0.29) is 12.1 Å². The SMILES string of the molecule is CN(CC1CCCCO1)C1COc2ccccc2C1N. The minimum Gasteiger partial charge on any atom is -0.492 e. The molecule has 0 aliphatic carbocycles. The molecule has 20 heavy (non-hydrogen) atoms. The highest BCUT2D eigenvalue weighted by atomic mass is 16.5. The van der Waals surface area contributed by atoms with Crippen molar-refractivity contribution in [3.8, 4) is 5.75 Å². The standard InChI is InChI=1S/C16H24N2O2/c1-18(10-12-6-4-5-9-19-12)14-11-20-15-8-3-2-7-13(15)16(14)17/h2-3,7-8,12,14,16H,4-6,9-11,17H2,1H3. The number of hydrogen-bond donors (Lipinski definition) is 1. The molecule has 0 aromatic heterocycles. The topological polar surface area (TPSA) is 47.7 Å². The zero-order valence-corrected chi connectivity index (χ0v) is 12.1. The smallest absolute Gasteiger partial charge is 0.124 e. The van der Waals surface area contributed by atoms with Crippen molar-refractivity contribution < 1.29 is 9.47 Å². The van der Waals surface area contributed by atoms with Crippen molar-refractivity contribution in [3.63, 3.8) is 0 Å². The van der Waals surface area contributed by atoms with E-state index in [1.165, 1.54) is 12.8 Å². The minimum atomic E-state index is 0.00791. The van der Waals surface area contributed by atoms with Crippen molar-refractivity contribution in [1.82, 2.24) is 4.90 Å². The van der Waals surface area contributed by atoms with Gasteiger partial charge in [0.2, 0.25) is 0 Å². The summed E-state index contributed by atoms with van der Waals surface area (Å²) < 4.78 is 11.7. The van der Waals surface area contributed by atoms with Crippen LogP contribution in [-0.2, 0) is 4.74 Å². The Balaban J connectivity index is 1.65. The maximum atomic E-state index is 6.43. The van der Waals surface area contributed by atoms with E-state index < -0.39 is 0 Å². The number of likely N-dealkylation sites (N-methyl/N-ethyl adjacent to an activating group) is 1. The number of benzene rings is 1. The molecule has 0 radical (unpaired) electrons. The van der Waals surface area contributed by atoms with Gasteiger partial charge >= 0.3 is 0 Å². The number of para-hydroxylation sites is 1. The Morgan fingerprint density at radius 1 is 1.30 bits per heavy atom. The number of nitrogens with zero attached hydrogens (tertiary/aromatic N) is 1. The Kier molecular flexibility index (Phi) is 4.24. The average Bonchev–Trinajstić information content (AvgIpc) is 2.49. The molecule has 1 fully saturated rings. The third-order valence-corrected chi connectivity index (χ3v) is 4.43. The lowest BCUT2D eigenvalue weighted by atomic mass is 9.96. The highest BCUT2D eigenvalue weighted by Gasteiger charge is 2.32. The van der Waals surface area contributed by atoms with Gasteiger partial charge in [-0.3, -0.25) is 4.90 Å². The molecule has 4 nitrogen and oxygen atoms in total. The molecule has 4 heteroatoms. The molecule has 1 aromatic carbocycles. The molecule has 3 unspecified atom stereocenters. The molecule has 0 saturated carbocycles. The average molecular weight is 276 g/mol. The van der Waals surface area contributed by atoms with Crippen LogP contribution in [0.15, 0.2) is 24.3 Å². The largest absolute Gasteiger partial charge is 0.492 e. The summed E-state index contributed by atoms with van der Waals surface area (Å²) in [4.78, 5) is 2.30. The summed E-state index contributed by atoms with van der Waals surface area (Å²) in [5.41, 5.74) is 7.55. The van der Waals surface area contributed by atoms with E-state index in [1.54, 1.807) is 0 Å². The quantitative estimate of drug-likeness (QED) is 0.916. The molecular weight excluding hydrogens is 252 g/mol. The highest BCUT2D eigenvalue weighted by Crippen LogP contribution is 2.32. The van der Waals surface area contributed by atoms with Crippen molar-refractivity contribution in [2.24, 2.45) is 5.73 Å². The van der Waals surface area contributed by atoms with Crippen LogP contribution in [0.25, 0.3) is 0 Å². The molecule has 0 spiro atoms. The first-order chi connectivity index (χ1) is 9.75. The fourth-order valence-electron chi connectivity index (χ4n) is 3.18. The number of rotatable bonds is 3. The second kappa shape index (κ2) is 6.12. The first-order valence-corrected chi connectivity index (χ1v) is 7.55. The van der Waals surface area contributed by atoms with Crippen molar-refractivity contribution in [2.75, 3.05) is 26.8 Å². The highest BCUT2D eigenvalue weighted by molar-refractivity contribution is 5.38. The third-order valence-electron chi connectivity index (χ3n) is 4.43. The van der Waals surface area contributed by atoms with E-state index in [0.717, 1.165) is 30.9 Å². The molecule has 1 aromatic rings. The van der Waals surface area contributed by atoms with Gasteiger partial charge < -0.3 is 15.2 Å². The second-order valence-electron chi connectivity index (χ2n) is 5.87. The van der Waals surface area contributed by atoms with E-state index in [2.05, 4.69) is 18.0 Å². The number of fused-ring (bicyclic) bond motifs is 1. The summed E-state index contributed by atoms with van der Waals surface area (Å²) in [6.07, 6.45) is 3.97. The van der Waals surface area contributed by atoms with Gasteiger partial charge in [0.25, 0.3) is 0 Å². The van der Waals surface area contributed by atoms with Crippen molar-refractivity contribution in [3.05, 3.63) is 29.8 Å². The zero-order chi connectivity index (χ0) is 13.9. The van der Waals surface area contributed by atoms with E-state index in [9.17, 15) is 0 Å². The van der Waals surface area contributed by atoms with Crippen LogP contribution in [0.5, 0.6) is 5.75 Å². The van der Waals surface area contributed by atoms with E-state index in [4.69, 9.17) is 15.2 Å². The van der Waals surface area contributed by atoms with Crippen LogP contribution in [-0.4, -0.2) is 43.9 Å². The Morgan fingerprint density at radius 3 is 2.95 bits per heavy atom. The molecule has 3 atom stereocenters. The number of nitrogens with two attached hydrogens (primary N) is 1. The van der Waals surface area contributed by atoms with Crippen LogP contribution in [0.3, 0.4) is 0 Å². The van der Waals surface area contributed by atoms with Crippen molar-refractivity contribution in [2.45, 2.75) is 37.5 Å². The summed E-state index contributed by atoms with van der Waals surface area (Å²) >= 11 is 0. The molecular formula is C16H24N2O2. The monoisotopic (exact) mass is 276 g/mol. The van der Waals surface area contributed by atoms with Gasteiger partial charge in [-0.1, -0.05) is 18.2 Å². The van der Waals surface area contributed by atoms with E-state index in [1.807, 2.05) is 18.2 Å². The first-order valence-electron chi connectivity index (χ1n) is 7.55. The Hall–Kier alpha value is -1.10. The van der Waals surface area contributed by atoms with Gasteiger partial charge in [0.1, 0.15) is 12.4 Å². The summed E-state index contributed by atoms with van der Waals surface area (Å²) in [5.74, 6) is 0.929. The molecule has 1 saturated heterocycles. The maximum absolute atomic E-state index is 6.43. The van der Waals surface area contributed by atoms with Crippen molar-refractivity contribution in [1.29, 1.82) is 0 Å². The van der Waals surface area contributed by atoms with Gasteiger partial charge in [-0.15, -0.1) is 0 Å². The molecule has 0 bridgehead atoms. The summed E-state index contributed by atoms with van der Waals surface area (Å²) in [5, 5.41) is 0. The second-order valence-corrected chi connectivity index (χ2v) is 5.87. The van der Waals surface area contributed by atoms with Crippen LogP contribution in [0.1, 0.15) is 30.9 Å². The van der Waals surface area contributed by atoms with Crippen LogP contribution >= 0.6 is 0 Å². The summed E-state index contributed by atoms with van der Waals surface area (Å²) in [7, 11) is 2.12. The van der Waals surface area contributed by atoms with Gasteiger partial charge in [-0.25, -0.2) is 0 Å². The number of ether oxygens (including phenoxy) is 2. The fourth-order valence-corrected chi connectivity index (χ4v) is 3.18. The predicted molar refractivity (Wildman–Crippen MR) is 78.9 cm³/mol. The molecule has 3 rings (SSSR count). The Labute approximate surface area is 120 Å². The van der Waals surface area contributed by atoms with Crippen LogP contribution in [0.4, 0.5) is 0 Å². The van der Waals surface area contributed by atoms with Crippen LogP contribution in [0, 0.1) is 0 Å². The van der Waals surface area contributed by atoms with Crippen LogP contribution < -0.4 is 10.5 Å². The van der Waals surface area contributed by atoms with Gasteiger partial charge in [-0.2, -0.15) is 0 Å². The molecule has 2 aliphatic heterocycles. The zero-order valence-electron chi connectivity index (χ0n) is 12.1. The van der Waals surface area contributed by atoms with Gasteiger partial charge in [0.15, 0.2) is 0 Å². The third kappa shape index (κ3) is 2.82. The lowest BCUT2D eigenvalue weighted by molar-refractivity contribution is -0.0160. The van der Waals surface area contributed by atoms with Crippen molar-refractivity contribution >= 4 is 0 Å².